The number of nitrogens with zero attached hydrogens (tertiary/aromatic N) is 1. The van der Waals surface area contributed by atoms with E-state index in [0.717, 1.165) is 12.0 Å². The van der Waals surface area contributed by atoms with Crippen LogP contribution in [0.25, 0.3) is 0 Å². The maximum absolute atomic E-state index is 3.71. The van der Waals surface area contributed by atoms with E-state index in [4.69, 9.17) is 0 Å². The fraction of sp³-hybridized carbons (Fsp3) is 1.00. The lowest BCUT2D eigenvalue weighted by Gasteiger charge is -2.48. The standard InChI is InChI=1S/C15H30N2/c1-4-13-8-6-7-9-14(13)17-11-10-16-15(3,5-2)12-17/h13-14,16H,4-12H2,1-3H3. The minimum Gasteiger partial charge on any atom is -0.309 e. The predicted octanol–water partition coefficient (Wildman–Crippen LogP) is 3.03. The van der Waals surface area contributed by atoms with Crippen molar-refractivity contribution < 1.29 is 0 Å². The summed E-state index contributed by atoms with van der Waals surface area (Å²) in [6.07, 6.45) is 8.44. The molecule has 1 aliphatic heterocycles. The van der Waals surface area contributed by atoms with Crippen molar-refractivity contribution in [2.75, 3.05) is 19.6 Å². The molecule has 0 aromatic carbocycles. The van der Waals surface area contributed by atoms with Crippen LogP contribution in [0.1, 0.15) is 59.3 Å². The first kappa shape index (κ1) is 13.4. The van der Waals surface area contributed by atoms with E-state index in [-0.39, 0.29) is 0 Å². The molecule has 1 saturated carbocycles. The van der Waals surface area contributed by atoms with E-state index in [2.05, 4.69) is 31.0 Å². The number of hydrogen-bond donors (Lipinski definition) is 1. The van der Waals surface area contributed by atoms with E-state index >= 15 is 0 Å². The van der Waals surface area contributed by atoms with Crippen molar-refractivity contribution in [2.45, 2.75) is 70.9 Å². The highest BCUT2D eigenvalue weighted by molar-refractivity contribution is 4.94. The summed E-state index contributed by atoms with van der Waals surface area (Å²) in [7, 11) is 0. The van der Waals surface area contributed by atoms with Crippen LogP contribution in [0.2, 0.25) is 0 Å². The summed E-state index contributed by atoms with van der Waals surface area (Å²) in [5.41, 5.74) is 0.355. The first-order chi connectivity index (χ1) is 8.18. The van der Waals surface area contributed by atoms with Crippen LogP contribution < -0.4 is 5.32 Å². The van der Waals surface area contributed by atoms with Crippen LogP contribution in [0.15, 0.2) is 0 Å². The Morgan fingerprint density at radius 1 is 1.24 bits per heavy atom. The molecular weight excluding hydrogens is 208 g/mol. The van der Waals surface area contributed by atoms with Crippen LogP contribution in [0, 0.1) is 5.92 Å². The van der Waals surface area contributed by atoms with Gasteiger partial charge in [0, 0.05) is 31.2 Å². The van der Waals surface area contributed by atoms with Crippen LogP contribution in [-0.2, 0) is 0 Å². The van der Waals surface area contributed by atoms with Crippen molar-refractivity contribution in [1.29, 1.82) is 0 Å². The molecule has 100 valence electrons. The lowest BCUT2D eigenvalue weighted by Crippen LogP contribution is -2.61. The molecule has 3 atom stereocenters. The van der Waals surface area contributed by atoms with Crippen molar-refractivity contribution in [3.63, 3.8) is 0 Å². The summed E-state index contributed by atoms with van der Waals surface area (Å²) in [5.74, 6) is 0.961. The molecule has 1 aliphatic carbocycles. The van der Waals surface area contributed by atoms with Crippen LogP contribution >= 0.6 is 0 Å². The summed E-state index contributed by atoms with van der Waals surface area (Å²) in [6, 6.07) is 0.877. The van der Waals surface area contributed by atoms with Gasteiger partial charge >= 0.3 is 0 Å². The molecule has 0 spiro atoms. The SMILES string of the molecule is CCC1CCCCC1N1CCNC(C)(CC)C1. The summed E-state index contributed by atoms with van der Waals surface area (Å²) in [5, 5.41) is 3.71. The zero-order chi connectivity index (χ0) is 12.3. The third-order valence-electron chi connectivity index (χ3n) is 5.15. The molecular formula is C15H30N2. The van der Waals surface area contributed by atoms with Crippen molar-refractivity contribution >= 4 is 0 Å². The number of rotatable bonds is 3. The summed E-state index contributed by atoms with van der Waals surface area (Å²) in [6.45, 7) is 10.8. The molecule has 17 heavy (non-hydrogen) atoms. The first-order valence-electron chi connectivity index (χ1n) is 7.67. The van der Waals surface area contributed by atoms with E-state index in [0.29, 0.717) is 5.54 Å². The Kier molecular flexibility index (Phi) is 4.48. The van der Waals surface area contributed by atoms with Crippen molar-refractivity contribution in [3.8, 4) is 0 Å². The van der Waals surface area contributed by atoms with Gasteiger partial charge in [0.25, 0.3) is 0 Å². The van der Waals surface area contributed by atoms with E-state index < -0.39 is 0 Å². The molecule has 2 heteroatoms. The van der Waals surface area contributed by atoms with Gasteiger partial charge in [-0.3, -0.25) is 4.90 Å². The highest BCUT2D eigenvalue weighted by Gasteiger charge is 2.35. The molecule has 1 saturated heterocycles. The third kappa shape index (κ3) is 3.03. The third-order valence-corrected chi connectivity index (χ3v) is 5.15. The molecule has 2 aliphatic rings. The van der Waals surface area contributed by atoms with Crippen LogP contribution in [0.3, 0.4) is 0 Å². The Bertz CT molecular complexity index is 241. The average molecular weight is 238 g/mol. The van der Waals surface area contributed by atoms with E-state index in [1.165, 1.54) is 58.2 Å². The van der Waals surface area contributed by atoms with Crippen molar-refractivity contribution in [3.05, 3.63) is 0 Å². The molecule has 2 rings (SSSR count). The lowest BCUT2D eigenvalue weighted by atomic mass is 9.80. The molecule has 2 fully saturated rings. The van der Waals surface area contributed by atoms with Gasteiger partial charge in [-0.15, -0.1) is 0 Å². The van der Waals surface area contributed by atoms with Crippen molar-refractivity contribution in [2.24, 2.45) is 5.92 Å². The number of piperazine rings is 1. The van der Waals surface area contributed by atoms with Crippen LogP contribution in [0.5, 0.6) is 0 Å². The predicted molar refractivity (Wildman–Crippen MR) is 74.3 cm³/mol. The topological polar surface area (TPSA) is 15.3 Å². The fourth-order valence-corrected chi connectivity index (χ4v) is 3.75. The largest absolute Gasteiger partial charge is 0.309 e. The molecule has 0 bridgehead atoms. The molecule has 1 N–H and O–H groups in total. The Morgan fingerprint density at radius 2 is 2.00 bits per heavy atom. The maximum atomic E-state index is 3.71. The molecule has 0 radical (unpaired) electrons. The highest BCUT2D eigenvalue weighted by Crippen LogP contribution is 2.32. The van der Waals surface area contributed by atoms with Gasteiger partial charge in [0.05, 0.1) is 0 Å². The van der Waals surface area contributed by atoms with Crippen LogP contribution in [-0.4, -0.2) is 36.1 Å². The Labute approximate surface area is 107 Å². The van der Waals surface area contributed by atoms with Gasteiger partial charge in [-0.05, 0) is 32.1 Å². The number of nitrogens with one attached hydrogen (secondary N) is 1. The average Bonchev–Trinajstić information content (AvgIpc) is 2.39. The van der Waals surface area contributed by atoms with Gasteiger partial charge in [-0.2, -0.15) is 0 Å². The Morgan fingerprint density at radius 3 is 2.71 bits per heavy atom. The quantitative estimate of drug-likeness (QED) is 0.813. The van der Waals surface area contributed by atoms with Gasteiger partial charge in [-0.25, -0.2) is 0 Å². The lowest BCUT2D eigenvalue weighted by molar-refractivity contribution is 0.0464. The summed E-state index contributed by atoms with van der Waals surface area (Å²) < 4.78 is 0. The second kappa shape index (κ2) is 5.71. The Hall–Kier alpha value is -0.0800. The fourth-order valence-electron chi connectivity index (χ4n) is 3.75. The van der Waals surface area contributed by atoms with Gasteiger partial charge < -0.3 is 5.32 Å². The summed E-state index contributed by atoms with van der Waals surface area (Å²) >= 11 is 0. The second-order valence-electron chi connectivity index (χ2n) is 6.33. The zero-order valence-electron chi connectivity index (χ0n) is 12.0. The summed E-state index contributed by atoms with van der Waals surface area (Å²) in [4.78, 5) is 2.80. The first-order valence-corrected chi connectivity index (χ1v) is 7.67. The van der Waals surface area contributed by atoms with E-state index in [1.54, 1.807) is 0 Å². The highest BCUT2D eigenvalue weighted by atomic mass is 15.2. The van der Waals surface area contributed by atoms with Gasteiger partial charge in [0.15, 0.2) is 0 Å². The second-order valence-corrected chi connectivity index (χ2v) is 6.33. The molecule has 1 heterocycles. The minimum absolute atomic E-state index is 0.355. The van der Waals surface area contributed by atoms with Gasteiger partial charge in [0.1, 0.15) is 0 Å². The van der Waals surface area contributed by atoms with Crippen LogP contribution in [0.4, 0.5) is 0 Å². The molecule has 0 amide bonds. The minimum atomic E-state index is 0.355. The molecule has 3 unspecified atom stereocenters. The monoisotopic (exact) mass is 238 g/mol. The smallest absolute Gasteiger partial charge is 0.0278 e. The van der Waals surface area contributed by atoms with E-state index in [9.17, 15) is 0 Å². The maximum Gasteiger partial charge on any atom is 0.0278 e. The Balaban J connectivity index is 2.00. The van der Waals surface area contributed by atoms with E-state index in [1.807, 2.05) is 0 Å². The van der Waals surface area contributed by atoms with Gasteiger partial charge in [0.2, 0.25) is 0 Å². The zero-order valence-corrected chi connectivity index (χ0v) is 12.0. The van der Waals surface area contributed by atoms with Gasteiger partial charge in [-0.1, -0.05) is 33.1 Å². The number of hydrogen-bond acceptors (Lipinski definition) is 2. The molecule has 2 nitrogen and oxygen atoms in total. The molecule has 0 aromatic heterocycles. The normalized spacial score (nSPS) is 40.4. The van der Waals surface area contributed by atoms with Crippen molar-refractivity contribution in [1.82, 2.24) is 10.2 Å². The molecule has 0 aromatic rings.